The highest BCUT2D eigenvalue weighted by Gasteiger charge is 2.53. The maximum absolute atomic E-state index is 6.66. The SMILES string of the molecule is Cc1c(C2(c3ccc4ccccc4c3)O[B]N3CCCC32)ccc2ccccc12. The predicted octanol–water partition coefficient (Wildman–Crippen LogP) is 5.57. The largest absolute Gasteiger partial charge is 0.409 e. The lowest BCUT2D eigenvalue weighted by Crippen LogP contribution is -2.41. The summed E-state index contributed by atoms with van der Waals surface area (Å²) in [5.74, 6) is 0. The van der Waals surface area contributed by atoms with Crippen molar-refractivity contribution < 1.29 is 4.65 Å². The molecule has 0 amide bonds. The fraction of sp³-hybridized carbons (Fsp3) is 0.231. The van der Waals surface area contributed by atoms with Crippen molar-refractivity contribution in [3.8, 4) is 0 Å². The van der Waals surface area contributed by atoms with Crippen LogP contribution < -0.4 is 0 Å². The Balaban J connectivity index is 1.64. The molecule has 141 valence electrons. The van der Waals surface area contributed by atoms with Gasteiger partial charge in [0.25, 0.3) is 0 Å². The van der Waals surface area contributed by atoms with Crippen molar-refractivity contribution in [2.24, 2.45) is 0 Å². The van der Waals surface area contributed by atoms with Crippen LogP contribution in [0.4, 0.5) is 0 Å². The van der Waals surface area contributed by atoms with E-state index in [0.717, 1.165) is 13.0 Å². The molecule has 2 nitrogen and oxygen atoms in total. The number of benzene rings is 4. The van der Waals surface area contributed by atoms with E-state index in [9.17, 15) is 0 Å². The summed E-state index contributed by atoms with van der Waals surface area (Å²) in [5.41, 5.74) is 3.39. The van der Waals surface area contributed by atoms with Gasteiger partial charge in [-0.2, -0.15) is 0 Å². The summed E-state index contributed by atoms with van der Waals surface area (Å²) in [5, 5.41) is 5.13. The zero-order valence-corrected chi connectivity index (χ0v) is 16.6. The third kappa shape index (κ3) is 2.44. The fourth-order valence-corrected chi connectivity index (χ4v) is 5.49. The summed E-state index contributed by atoms with van der Waals surface area (Å²) in [6, 6.07) is 29.0. The van der Waals surface area contributed by atoms with Crippen LogP contribution in [0, 0.1) is 6.92 Å². The van der Waals surface area contributed by atoms with Gasteiger partial charge in [-0.25, -0.2) is 0 Å². The van der Waals surface area contributed by atoms with Crippen molar-refractivity contribution in [1.82, 2.24) is 4.81 Å². The van der Waals surface area contributed by atoms with Gasteiger partial charge in [-0.05, 0) is 70.6 Å². The highest BCUT2D eigenvalue weighted by Crippen LogP contribution is 2.49. The van der Waals surface area contributed by atoms with Crippen LogP contribution >= 0.6 is 0 Å². The van der Waals surface area contributed by atoms with E-state index in [4.69, 9.17) is 4.65 Å². The summed E-state index contributed by atoms with van der Waals surface area (Å²) in [6.07, 6.45) is 2.36. The maximum Gasteiger partial charge on any atom is 0.400 e. The summed E-state index contributed by atoms with van der Waals surface area (Å²) in [6.45, 7) is 3.33. The van der Waals surface area contributed by atoms with Gasteiger partial charge in [0.05, 0.1) is 0 Å². The molecule has 0 N–H and O–H groups in total. The summed E-state index contributed by atoms with van der Waals surface area (Å²) in [7, 11) is 1.99. The van der Waals surface area contributed by atoms with E-state index in [-0.39, 0.29) is 0 Å². The van der Waals surface area contributed by atoms with E-state index in [2.05, 4.69) is 90.6 Å². The molecule has 29 heavy (non-hydrogen) atoms. The first-order valence-corrected chi connectivity index (χ1v) is 10.5. The van der Waals surface area contributed by atoms with E-state index in [0.29, 0.717) is 6.04 Å². The van der Waals surface area contributed by atoms with E-state index < -0.39 is 5.60 Å². The van der Waals surface area contributed by atoms with Crippen LogP contribution in [0.5, 0.6) is 0 Å². The Morgan fingerprint density at radius 3 is 2.55 bits per heavy atom. The molecule has 4 aromatic carbocycles. The standard InChI is InChI=1S/C26H23BNO/c1-18-23-10-5-4-8-20(23)13-15-24(18)26(25-11-6-16-28(25)27-29-26)22-14-12-19-7-2-3-9-21(19)17-22/h2-5,7-10,12-15,17,25H,6,11,16H2,1H3. The molecule has 2 atom stereocenters. The van der Waals surface area contributed by atoms with Gasteiger partial charge in [0, 0.05) is 6.04 Å². The quantitative estimate of drug-likeness (QED) is 0.424. The van der Waals surface area contributed by atoms with Crippen molar-refractivity contribution >= 4 is 29.2 Å². The lowest BCUT2D eigenvalue weighted by Gasteiger charge is -2.38. The topological polar surface area (TPSA) is 12.5 Å². The first kappa shape index (κ1) is 17.3. The molecule has 0 saturated carbocycles. The molecular formula is C26H23BNO. The van der Waals surface area contributed by atoms with E-state index in [1.165, 1.54) is 44.7 Å². The highest BCUT2D eigenvalue weighted by atomic mass is 16.5. The second-order valence-corrected chi connectivity index (χ2v) is 8.38. The van der Waals surface area contributed by atoms with Gasteiger partial charge in [0.15, 0.2) is 0 Å². The molecule has 2 aliphatic heterocycles. The Morgan fingerprint density at radius 1 is 0.897 bits per heavy atom. The minimum atomic E-state index is -0.464. The predicted molar refractivity (Wildman–Crippen MR) is 120 cm³/mol. The van der Waals surface area contributed by atoms with Gasteiger partial charge in [-0.3, -0.25) is 0 Å². The van der Waals surface area contributed by atoms with Crippen LogP contribution in [0.2, 0.25) is 0 Å². The number of aryl methyl sites for hydroxylation is 1. The van der Waals surface area contributed by atoms with Crippen LogP contribution in [-0.2, 0) is 10.3 Å². The molecule has 3 heteroatoms. The zero-order chi connectivity index (χ0) is 19.4. The Hall–Kier alpha value is -2.62. The van der Waals surface area contributed by atoms with Gasteiger partial charge in [0.1, 0.15) is 5.60 Å². The lowest BCUT2D eigenvalue weighted by atomic mass is 9.76. The first-order chi connectivity index (χ1) is 14.3. The van der Waals surface area contributed by atoms with Gasteiger partial charge in [-0.15, -0.1) is 0 Å². The average Bonchev–Trinajstić information content (AvgIpc) is 3.37. The van der Waals surface area contributed by atoms with Crippen LogP contribution in [0.25, 0.3) is 21.5 Å². The number of fused-ring (bicyclic) bond motifs is 3. The van der Waals surface area contributed by atoms with Crippen LogP contribution in [0.15, 0.2) is 78.9 Å². The van der Waals surface area contributed by atoms with E-state index in [1.807, 2.05) is 7.62 Å². The van der Waals surface area contributed by atoms with Crippen molar-refractivity contribution in [1.29, 1.82) is 0 Å². The number of nitrogens with zero attached hydrogens (tertiary/aromatic N) is 1. The Labute approximate surface area is 172 Å². The summed E-state index contributed by atoms with van der Waals surface area (Å²) >= 11 is 0. The molecule has 6 rings (SSSR count). The highest BCUT2D eigenvalue weighted by molar-refractivity contribution is 6.25. The molecular weight excluding hydrogens is 353 g/mol. The Bertz CT molecular complexity index is 1240. The molecule has 2 saturated heterocycles. The lowest BCUT2D eigenvalue weighted by molar-refractivity contribution is 0.108. The Kier molecular flexibility index (Phi) is 3.84. The maximum atomic E-state index is 6.66. The van der Waals surface area contributed by atoms with Crippen LogP contribution in [0.1, 0.15) is 29.5 Å². The number of hydrogen-bond acceptors (Lipinski definition) is 2. The minimum absolute atomic E-state index is 0.337. The molecule has 1 radical (unpaired) electrons. The second kappa shape index (κ2) is 6.45. The molecule has 2 unspecified atom stereocenters. The second-order valence-electron chi connectivity index (χ2n) is 8.38. The van der Waals surface area contributed by atoms with Crippen LogP contribution in [-0.4, -0.2) is 25.0 Å². The molecule has 4 aromatic rings. The Morgan fingerprint density at radius 2 is 1.66 bits per heavy atom. The van der Waals surface area contributed by atoms with Gasteiger partial charge >= 0.3 is 7.62 Å². The third-order valence-corrected chi connectivity index (χ3v) is 6.91. The van der Waals surface area contributed by atoms with Gasteiger partial charge in [0.2, 0.25) is 0 Å². The van der Waals surface area contributed by atoms with Crippen molar-refractivity contribution in [2.75, 3.05) is 6.54 Å². The molecule has 0 spiro atoms. The van der Waals surface area contributed by atoms with Gasteiger partial charge < -0.3 is 9.47 Å². The first-order valence-electron chi connectivity index (χ1n) is 10.5. The van der Waals surface area contributed by atoms with Crippen molar-refractivity contribution in [3.63, 3.8) is 0 Å². The van der Waals surface area contributed by atoms with E-state index in [1.54, 1.807) is 0 Å². The summed E-state index contributed by atoms with van der Waals surface area (Å²) in [4.78, 5) is 2.41. The molecule has 0 bridgehead atoms. The van der Waals surface area contributed by atoms with E-state index >= 15 is 0 Å². The molecule has 2 aliphatic rings. The normalized spacial score (nSPS) is 24.1. The molecule has 2 heterocycles. The smallest absolute Gasteiger partial charge is 0.400 e. The van der Waals surface area contributed by atoms with Crippen LogP contribution in [0.3, 0.4) is 0 Å². The number of hydrogen-bond donors (Lipinski definition) is 0. The summed E-state index contributed by atoms with van der Waals surface area (Å²) < 4.78 is 6.66. The third-order valence-electron chi connectivity index (χ3n) is 6.91. The molecule has 2 fully saturated rings. The molecule has 0 aliphatic carbocycles. The average molecular weight is 376 g/mol. The van der Waals surface area contributed by atoms with Crippen molar-refractivity contribution in [3.05, 3.63) is 95.6 Å². The fourth-order valence-electron chi connectivity index (χ4n) is 5.49. The molecule has 0 aromatic heterocycles. The monoisotopic (exact) mass is 376 g/mol. The van der Waals surface area contributed by atoms with Crippen molar-refractivity contribution in [2.45, 2.75) is 31.4 Å². The zero-order valence-electron chi connectivity index (χ0n) is 16.6. The van der Waals surface area contributed by atoms with Gasteiger partial charge in [-0.1, -0.05) is 72.8 Å². The number of rotatable bonds is 2. The minimum Gasteiger partial charge on any atom is -0.409 e.